The van der Waals surface area contributed by atoms with Crippen molar-refractivity contribution in [2.45, 2.75) is 6.18 Å². The number of alkyl halides is 3. The fourth-order valence-corrected chi connectivity index (χ4v) is 3.00. The number of hydrogen-bond donors (Lipinski definition) is 1. The maximum atomic E-state index is 13.2. The lowest BCUT2D eigenvalue weighted by Gasteiger charge is -2.15. The zero-order valence-corrected chi connectivity index (χ0v) is 16.9. The average Bonchev–Trinajstić information content (AvgIpc) is 2.77. The Morgan fingerprint density at radius 3 is 2.26 bits per heavy atom. The molecule has 3 aromatic rings. The van der Waals surface area contributed by atoms with E-state index in [-0.39, 0.29) is 17.0 Å². The Morgan fingerprint density at radius 2 is 1.61 bits per heavy atom. The molecule has 0 atom stereocenters. The standard InChI is InChI=1S/C22H19F3N2O4/c1-29-17-9-7-14(12-16(17)22(23,24)25)27-21(28)13-6-8-15(19(11-13)31-3)20-18(30-2)5-4-10-26-20/h4-12H,1-3H3,(H,27,28). The van der Waals surface area contributed by atoms with E-state index in [4.69, 9.17) is 14.2 Å². The third-order valence-corrected chi connectivity index (χ3v) is 4.47. The van der Waals surface area contributed by atoms with E-state index in [0.717, 1.165) is 19.2 Å². The fraction of sp³-hybridized carbons (Fsp3) is 0.182. The van der Waals surface area contributed by atoms with Crippen LogP contribution in [0.15, 0.2) is 54.7 Å². The SMILES string of the molecule is COc1cc(C(=O)Nc2ccc(OC)c(C(F)(F)F)c2)ccc1-c1ncccc1OC. The minimum atomic E-state index is -4.63. The summed E-state index contributed by atoms with van der Waals surface area (Å²) in [7, 11) is 4.10. The predicted octanol–water partition coefficient (Wildman–Crippen LogP) is 5.05. The van der Waals surface area contributed by atoms with Crippen molar-refractivity contribution in [3.05, 3.63) is 65.9 Å². The Hall–Kier alpha value is -3.75. The van der Waals surface area contributed by atoms with Crippen molar-refractivity contribution in [3.8, 4) is 28.5 Å². The van der Waals surface area contributed by atoms with Gasteiger partial charge >= 0.3 is 6.18 Å². The van der Waals surface area contributed by atoms with Gasteiger partial charge < -0.3 is 19.5 Å². The van der Waals surface area contributed by atoms with Gasteiger partial charge in [0, 0.05) is 23.0 Å². The monoisotopic (exact) mass is 432 g/mol. The molecular formula is C22H19F3N2O4. The number of aromatic nitrogens is 1. The highest BCUT2D eigenvalue weighted by molar-refractivity contribution is 6.05. The number of carbonyl (C=O) groups excluding carboxylic acids is 1. The molecule has 1 heterocycles. The van der Waals surface area contributed by atoms with Crippen molar-refractivity contribution in [2.24, 2.45) is 0 Å². The van der Waals surface area contributed by atoms with Crippen LogP contribution in [0.2, 0.25) is 0 Å². The van der Waals surface area contributed by atoms with Gasteiger partial charge in [0.25, 0.3) is 5.91 Å². The molecule has 162 valence electrons. The molecule has 0 bridgehead atoms. The molecule has 1 aromatic heterocycles. The molecule has 0 spiro atoms. The molecule has 6 nitrogen and oxygen atoms in total. The largest absolute Gasteiger partial charge is 0.496 e. The summed E-state index contributed by atoms with van der Waals surface area (Å²) in [5.41, 5.74) is 0.314. The summed E-state index contributed by atoms with van der Waals surface area (Å²) in [4.78, 5) is 16.9. The van der Waals surface area contributed by atoms with E-state index in [1.165, 1.54) is 32.4 Å². The molecule has 0 unspecified atom stereocenters. The number of hydrogen-bond acceptors (Lipinski definition) is 5. The van der Waals surface area contributed by atoms with Crippen LogP contribution in [-0.4, -0.2) is 32.2 Å². The number of rotatable bonds is 6. The number of pyridine rings is 1. The second-order valence-corrected chi connectivity index (χ2v) is 6.34. The van der Waals surface area contributed by atoms with E-state index in [1.54, 1.807) is 24.4 Å². The predicted molar refractivity (Wildman–Crippen MR) is 109 cm³/mol. The molecule has 1 amide bonds. The zero-order valence-electron chi connectivity index (χ0n) is 16.9. The first kappa shape index (κ1) is 21.9. The summed E-state index contributed by atoms with van der Waals surface area (Å²) in [6.07, 6.45) is -3.03. The molecule has 2 aromatic carbocycles. The molecule has 31 heavy (non-hydrogen) atoms. The molecule has 9 heteroatoms. The smallest absolute Gasteiger partial charge is 0.420 e. The molecule has 0 aliphatic heterocycles. The lowest BCUT2D eigenvalue weighted by molar-refractivity contribution is -0.138. The van der Waals surface area contributed by atoms with Crippen LogP contribution < -0.4 is 19.5 Å². The van der Waals surface area contributed by atoms with Crippen LogP contribution in [0.3, 0.4) is 0 Å². The van der Waals surface area contributed by atoms with E-state index in [2.05, 4.69) is 10.3 Å². The second-order valence-electron chi connectivity index (χ2n) is 6.34. The minimum absolute atomic E-state index is 0.0208. The number of anilines is 1. The van der Waals surface area contributed by atoms with Crippen LogP contribution in [0.1, 0.15) is 15.9 Å². The van der Waals surface area contributed by atoms with Crippen LogP contribution >= 0.6 is 0 Å². The van der Waals surface area contributed by atoms with Gasteiger partial charge in [0.1, 0.15) is 22.9 Å². The molecule has 3 rings (SSSR count). The quantitative estimate of drug-likeness (QED) is 0.591. The van der Waals surface area contributed by atoms with Gasteiger partial charge in [-0.15, -0.1) is 0 Å². The van der Waals surface area contributed by atoms with Gasteiger partial charge in [0.2, 0.25) is 0 Å². The first-order chi connectivity index (χ1) is 14.8. The van der Waals surface area contributed by atoms with Crippen LogP contribution in [0.25, 0.3) is 11.3 Å². The molecule has 0 saturated carbocycles. The third-order valence-electron chi connectivity index (χ3n) is 4.47. The molecule has 0 saturated heterocycles. The van der Waals surface area contributed by atoms with Crippen molar-refractivity contribution in [1.29, 1.82) is 0 Å². The maximum Gasteiger partial charge on any atom is 0.420 e. The average molecular weight is 432 g/mol. The van der Waals surface area contributed by atoms with Crippen LogP contribution in [0.4, 0.5) is 18.9 Å². The summed E-state index contributed by atoms with van der Waals surface area (Å²) < 4.78 is 55.1. The molecule has 0 aliphatic carbocycles. The Kier molecular flexibility index (Phi) is 6.33. The Morgan fingerprint density at radius 1 is 0.903 bits per heavy atom. The molecule has 1 N–H and O–H groups in total. The number of nitrogens with one attached hydrogen (secondary N) is 1. The summed E-state index contributed by atoms with van der Waals surface area (Å²) in [5, 5.41) is 2.46. The van der Waals surface area contributed by atoms with Crippen LogP contribution in [0.5, 0.6) is 17.2 Å². The van der Waals surface area contributed by atoms with Crippen molar-refractivity contribution in [1.82, 2.24) is 4.98 Å². The lowest BCUT2D eigenvalue weighted by Crippen LogP contribution is -2.14. The number of benzene rings is 2. The Bertz CT molecular complexity index is 1100. The first-order valence-electron chi connectivity index (χ1n) is 9.02. The fourth-order valence-electron chi connectivity index (χ4n) is 3.00. The van der Waals surface area contributed by atoms with E-state index in [9.17, 15) is 18.0 Å². The summed E-state index contributed by atoms with van der Waals surface area (Å²) in [6, 6.07) is 11.4. The highest BCUT2D eigenvalue weighted by Crippen LogP contribution is 2.38. The van der Waals surface area contributed by atoms with Crippen molar-refractivity contribution in [2.75, 3.05) is 26.6 Å². The van der Waals surface area contributed by atoms with Gasteiger partial charge in [0.15, 0.2) is 0 Å². The summed E-state index contributed by atoms with van der Waals surface area (Å²) in [5.74, 6) is -0.0526. The highest BCUT2D eigenvalue weighted by Gasteiger charge is 2.34. The van der Waals surface area contributed by atoms with E-state index in [1.807, 2.05) is 0 Å². The number of ether oxygens (including phenoxy) is 3. The number of nitrogens with zero attached hydrogens (tertiary/aromatic N) is 1. The minimum Gasteiger partial charge on any atom is -0.496 e. The normalized spacial score (nSPS) is 11.0. The van der Waals surface area contributed by atoms with Crippen molar-refractivity contribution in [3.63, 3.8) is 0 Å². The van der Waals surface area contributed by atoms with Gasteiger partial charge in [0.05, 0.1) is 26.9 Å². The van der Waals surface area contributed by atoms with E-state index < -0.39 is 17.6 Å². The number of carbonyl (C=O) groups is 1. The van der Waals surface area contributed by atoms with Crippen molar-refractivity contribution >= 4 is 11.6 Å². The highest BCUT2D eigenvalue weighted by atomic mass is 19.4. The number of amides is 1. The summed E-state index contributed by atoms with van der Waals surface area (Å²) in [6.45, 7) is 0. The van der Waals surface area contributed by atoms with Gasteiger partial charge in [-0.3, -0.25) is 9.78 Å². The number of halogens is 3. The van der Waals surface area contributed by atoms with Crippen LogP contribution in [0, 0.1) is 0 Å². The Labute approximate surface area is 176 Å². The van der Waals surface area contributed by atoms with Gasteiger partial charge in [-0.25, -0.2) is 0 Å². The third kappa shape index (κ3) is 4.71. The van der Waals surface area contributed by atoms with E-state index in [0.29, 0.717) is 22.8 Å². The maximum absolute atomic E-state index is 13.2. The first-order valence-corrected chi connectivity index (χ1v) is 9.02. The number of methoxy groups -OCH3 is 3. The van der Waals surface area contributed by atoms with Crippen LogP contribution in [-0.2, 0) is 6.18 Å². The zero-order chi connectivity index (χ0) is 22.6. The lowest BCUT2D eigenvalue weighted by atomic mass is 10.1. The van der Waals surface area contributed by atoms with Crippen molar-refractivity contribution < 1.29 is 32.2 Å². The topological polar surface area (TPSA) is 69.7 Å². The Balaban J connectivity index is 1.91. The molecule has 0 radical (unpaired) electrons. The summed E-state index contributed by atoms with van der Waals surface area (Å²) >= 11 is 0. The van der Waals surface area contributed by atoms with E-state index >= 15 is 0 Å². The molecule has 0 aliphatic rings. The second kappa shape index (κ2) is 8.95. The van der Waals surface area contributed by atoms with Gasteiger partial charge in [-0.1, -0.05) is 0 Å². The molecule has 0 fully saturated rings. The molecular weight excluding hydrogens is 413 g/mol. The van der Waals surface area contributed by atoms with Gasteiger partial charge in [-0.05, 0) is 48.5 Å². The van der Waals surface area contributed by atoms with Gasteiger partial charge in [-0.2, -0.15) is 13.2 Å².